The van der Waals surface area contributed by atoms with Crippen LogP contribution in [0.4, 0.5) is 0 Å². The fourth-order valence-corrected chi connectivity index (χ4v) is 2.48. The van der Waals surface area contributed by atoms with Crippen molar-refractivity contribution < 1.29 is 9.90 Å². The predicted octanol–water partition coefficient (Wildman–Crippen LogP) is 4.49. The third-order valence-corrected chi connectivity index (χ3v) is 3.61. The van der Waals surface area contributed by atoms with E-state index in [4.69, 9.17) is 5.11 Å². The fourth-order valence-electron chi connectivity index (χ4n) is 2.48. The quantitative estimate of drug-likeness (QED) is 0.816. The lowest BCUT2D eigenvalue weighted by atomic mass is 9.90. The summed E-state index contributed by atoms with van der Waals surface area (Å²) in [6, 6.07) is 16.7. The van der Waals surface area contributed by atoms with Gasteiger partial charge in [-0.25, -0.2) is 0 Å². The van der Waals surface area contributed by atoms with Crippen molar-refractivity contribution in [3.05, 3.63) is 48.5 Å². The zero-order valence-corrected chi connectivity index (χ0v) is 11.1. The van der Waals surface area contributed by atoms with E-state index < -0.39 is 5.97 Å². The Morgan fingerprint density at radius 3 is 1.58 bits per heavy atom. The molecule has 1 saturated carbocycles. The first kappa shape index (κ1) is 13.6. The number of aliphatic carboxylic acids is 1. The lowest BCUT2D eigenvalue weighted by Gasteiger charge is -2.16. The summed E-state index contributed by atoms with van der Waals surface area (Å²) >= 11 is 0. The molecule has 0 saturated heterocycles. The van der Waals surface area contributed by atoms with E-state index in [9.17, 15) is 4.79 Å². The zero-order chi connectivity index (χ0) is 13.5. The predicted molar refractivity (Wildman–Crippen MR) is 78.2 cm³/mol. The molecule has 100 valence electrons. The lowest BCUT2D eigenvalue weighted by molar-refractivity contribution is -0.142. The summed E-state index contributed by atoms with van der Waals surface area (Å²) in [6.07, 6.45) is 5.24. The summed E-state index contributed by atoms with van der Waals surface area (Å²) in [5.74, 6) is -0.631. The topological polar surface area (TPSA) is 37.3 Å². The van der Waals surface area contributed by atoms with Gasteiger partial charge in [0.1, 0.15) is 0 Å². The van der Waals surface area contributed by atoms with Crippen molar-refractivity contribution >= 4 is 16.7 Å². The Kier molecular flexibility index (Phi) is 4.96. The van der Waals surface area contributed by atoms with Gasteiger partial charge in [-0.05, 0) is 23.6 Å². The second-order valence-corrected chi connectivity index (χ2v) is 5.02. The maximum absolute atomic E-state index is 10.4. The molecule has 0 heterocycles. The molecule has 2 aromatic rings. The highest BCUT2D eigenvalue weighted by molar-refractivity contribution is 5.82. The van der Waals surface area contributed by atoms with Crippen LogP contribution in [0.2, 0.25) is 0 Å². The highest BCUT2D eigenvalue weighted by Gasteiger charge is 2.19. The van der Waals surface area contributed by atoms with Crippen molar-refractivity contribution in [2.75, 3.05) is 0 Å². The summed E-state index contributed by atoms with van der Waals surface area (Å²) in [6.45, 7) is 0. The van der Waals surface area contributed by atoms with Gasteiger partial charge in [0.05, 0.1) is 5.92 Å². The van der Waals surface area contributed by atoms with Crippen LogP contribution >= 0.6 is 0 Å². The number of rotatable bonds is 1. The van der Waals surface area contributed by atoms with Crippen molar-refractivity contribution in [1.82, 2.24) is 0 Å². The SMILES string of the molecule is O=C(O)C1CCCCC1.c1ccc2ccccc2c1. The highest BCUT2D eigenvalue weighted by atomic mass is 16.4. The Hall–Kier alpha value is -1.83. The van der Waals surface area contributed by atoms with Gasteiger partial charge in [-0.1, -0.05) is 67.8 Å². The Labute approximate surface area is 114 Å². The van der Waals surface area contributed by atoms with Gasteiger partial charge in [-0.15, -0.1) is 0 Å². The molecular formula is C17H20O2. The van der Waals surface area contributed by atoms with Crippen molar-refractivity contribution in [3.63, 3.8) is 0 Å². The Morgan fingerprint density at radius 2 is 1.26 bits per heavy atom. The number of hydrogen-bond acceptors (Lipinski definition) is 1. The number of carboxylic acids is 1. The van der Waals surface area contributed by atoms with E-state index in [0.29, 0.717) is 0 Å². The number of benzene rings is 2. The molecule has 2 aromatic carbocycles. The van der Waals surface area contributed by atoms with Gasteiger partial charge in [0.25, 0.3) is 0 Å². The van der Waals surface area contributed by atoms with Crippen LogP contribution in [0.5, 0.6) is 0 Å². The summed E-state index contributed by atoms with van der Waals surface area (Å²) in [5, 5.41) is 11.2. The molecule has 3 rings (SSSR count). The van der Waals surface area contributed by atoms with E-state index >= 15 is 0 Å². The third-order valence-electron chi connectivity index (χ3n) is 3.61. The maximum atomic E-state index is 10.4. The van der Waals surface area contributed by atoms with Crippen LogP contribution < -0.4 is 0 Å². The molecule has 0 radical (unpaired) electrons. The molecule has 19 heavy (non-hydrogen) atoms. The van der Waals surface area contributed by atoms with Crippen molar-refractivity contribution in [2.24, 2.45) is 5.92 Å². The van der Waals surface area contributed by atoms with E-state index in [1.54, 1.807) is 0 Å². The summed E-state index contributed by atoms with van der Waals surface area (Å²) < 4.78 is 0. The summed E-state index contributed by atoms with van der Waals surface area (Å²) in [4.78, 5) is 10.4. The largest absolute Gasteiger partial charge is 0.481 e. The molecule has 2 heteroatoms. The lowest BCUT2D eigenvalue weighted by Crippen LogP contribution is -2.16. The van der Waals surface area contributed by atoms with E-state index in [1.807, 2.05) is 0 Å². The molecule has 0 aromatic heterocycles. The molecule has 0 spiro atoms. The second-order valence-electron chi connectivity index (χ2n) is 5.02. The molecule has 0 atom stereocenters. The van der Waals surface area contributed by atoms with Gasteiger partial charge in [-0.3, -0.25) is 4.79 Å². The maximum Gasteiger partial charge on any atom is 0.306 e. The third kappa shape index (κ3) is 4.09. The number of hydrogen-bond donors (Lipinski definition) is 1. The molecule has 0 bridgehead atoms. The number of carboxylic acid groups (broad SMARTS) is 1. The average Bonchev–Trinajstić information content (AvgIpc) is 2.49. The van der Waals surface area contributed by atoms with E-state index in [0.717, 1.165) is 25.7 Å². The second kappa shape index (κ2) is 6.93. The molecule has 1 aliphatic rings. The minimum Gasteiger partial charge on any atom is -0.481 e. The normalized spacial score (nSPS) is 15.6. The van der Waals surface area contributed by atoms with Crippen LogP contribution in [0.3, 0.4) is 0 Å². The van der Waals surface area contributed by atoms with Crippen LogP contribution in [-0.4, -0.2) is 11.1 Å². The Morgan fingerprint density at radius 1 is 0.842 bits per heavy atom. The van der Waals surface area contributed by atoms with Gasteiger partial charge >= 0.3 is 5.97 Å². The van der Waals surface area contributed by atoms with E-state index in [2.05, 4.69) is 48.5 Å². The summed E-state index contributed by atoms with van der Waals surface area (Å²) in [5.41, 5.74) is 0. The minimum absolute atomic E-state index is 0.0289. The first-order valence-corrected chi connectivity index (χ1v) is 6.94. The highest BCUT2D eigenvalue weighted by Crippen LogP contribution is 2.23. The van der Waals surface area contributed by atoms with E-state index in [1.165, 1.54) is 17.2 Å². The smallest absolute Gasteiger partial charge is 0.306 e. The van der Waals surface area contributed by atoms with Gasteiger partial charge in [0, 0.05) is 0 Å². The number of fused-ring (bicyclic) bond motifs is 1. The van der Waals surface area contributed by atoms with Gasteiger partial charge in [0.2, 0.25) is 0 Å². The van der Waals surface area contributed by atoms with E-state index in [-0.39, 0.29) is 5.92 Å². The molecule has 2 nitrogen and oxygen atoms in total. The molecule has 0 amide bonds. The zero-order valence-electron chi connectivity index (χ0n) is 11.1. The molecular weight excluding hydrogens is 236 g/mol. The molecule has 0 aliphatic heterocycles. The van der Waals surface area contributed by atoms with Crippen LogP contribution in [0.1, 0.15) is 32.1 Å². The van der Waals surface area contributed by atoms with Crippen LogP contribution in [0.25, 0.3) is 10.8 Å². The standard InChI is InChI=1S/C10H8.C7H12O2/c1-2-6-10-8-4-3-7-9(10)5-1;8-7(9)6-4-2-1-3-5-6/h1-8H;6H,1-5H2,(H,8,9). The average molecular weight is 256 g/mol. The Bertz CT molecular complexity index is 462. The minimum atomic E-state index is -0.602. The van der Waals surface area contributed by atoms with Crippen LogP contribution in [0, 0.1) is 5.92 Å². The fraction of sp³-hybridized carbons (Fsp3) is 0.353. The molecule has 1 N–H and O–H groups in total. The number of carbonyl (C=O) groups is 1. The molecule has 1 fully saturated rings. The van der Waals surface area contributed by atoms with Gasteiger partial charge in [-0.2, -0.15) is 0 Å². The van der Waals surface area contributed by atoms with Crippen LogP contribution in [-0.2, 0) is 4.79 Å². The first-order valence-electron chi connectivity index (χ1n) is 6.94. The van der Waals surface area contributed by atoms with Crippen molar-refractivity contribution in [2.45, 2.75) is 32.1 Å². The molecule has 0 unspecified atom stereocenters. The molecule has 1 aliphatic carbocycles. The van der Waals surface area contributed by atoms with Crippen molar-refractivity contribution in [3.8, 4) is 0 Å². The van der Waals surface area contributed by atoms with Crippen molar-refractivity contribution in [1.29, 1.82) is 0 Å². The monoisotopic (exact) mass is 256 g/mol. The van der Waals surface area contributed by atoms with Gasteiger partial charge < -0.3 is 5.11 Å². The van der Waals surface area contributed by atoms with Crippen LogP contribution in [0.15, 0.2) is 48.5 Å². The van der Waals surface area contributed by atoms with Gasteiger partial charge in [0.15, 0.2) is 0 Å². The first-order chi connectivity index (χ1) is 9.27. The Balaban J connectivity index is 0.000000141. The summed E-state index contributed by atoms with van der Waals surface area (Å²) in [7, 11) is 0.